The zero-order valence-electron chi connectivity index (χ0n) is 10.2. The fourth-order valence-corrected chi connectivity index (χ4v) is 2.16. The van der Waals surface area contributed by atoms with Crippen molar-refractivity contribution in [2.45, 2.75) is 19.4 Å². The monoisotopic (exact) mass is 254 g/mol. The van der Waals surface area contributed by atoms with Gasteiger partial charge in [-0.1, -0.05) is 12.1 Å². The number of hydrogen-bond donors (Lipinski definition) is 1. The number of halogens is 2. The number of amides is 1. The fourth-order valence-electron chi connectivity index (χ4n) is 2.16. The molecule has 5 heteroatoms. The first kappa shape index (κ1) is 13.0. The first-order chi connectivity index (χ1) is 8.59. The quantitative estimate of drug-likeness (QED) is 0.863. The molecule has 1 atom stereocenters. The molecule has 1 aromatic rings. The van der Waals surface area contributed by atoms with Crippen LogP contribution in [0.5, 0.6) is 0 Å². The predicted octanol–water partition coefficient (Wildman–Crippen LogP) is 1.33. The molecule has 0 aromatic heterocycles. The van der Waals surface area contributed by atoms with E-state index in [9.17, 15) is 13.6 Å². The van der Waals surface area contributed by atoms with Gasteiger partial charge in [-0.25, -0.2) is 8.78 Å². The molecular formula is C13H16F2N2O. The summed E-state index contributed by atoms with van der Waals surface area (Å²) in [5.41, 5.74) is 0.116. The molecule has 0 radical (unpaired) electrons. The molecule has 0 spiro atoms. The van der Waals surface area contributed by atoms with Crippen LogP contribution in [0.4, 0.5) is 8.78 Å². The van der Waals surface area contributed by atoms with Gasteiger partial charge in [0.15, 0.2) is 11.6 Å². The predicted molar refractivity (Wildman–Crippen MR) is 64.1 cm³/mol. The van der Waals surface area contributed by atoms with Crippen LogP contribution >= 0.6 is 0 Å². The first-order valence-corrected chi connectivity index (χ1v) is 6.02. The molecule has 1 aliphatic rings. The van der Waals surface area contributed by atoms with E-state index in [1.165, 1.54) is 12.1 Å². The average Bonchev–Trinajstić information content (AvgIpc) is 2.35. The zero-order valence-corrected chi connectivity index (χ0v) is 10.2. The first-order valence-electron chi connectivity index (χ1n) is 6.02. The van der Waals surface area contributed by atoms with Crippen molar-refractivity contribution in [2.24, 2.45) is 0 Å². The van der Waals surface area contributed by atoms with E-state index in [2.05, 4.69) is 5.32 Å². The van der Waals surface area contributed by atoms with Gasteiger partial charge in [0.25, 0.3) is 0 Å². The molecule has 0 bridgehead atoms. The zero-order chi connectivity index (χ0) is 13.1. The number of nitrogens with zero attached hydrogens (tertiary/aromatic N) is 1. The third-order valence-corrected chi connectivity index (χ3v) is 3.19. The molecule has 1 aliphatic heterocycles. The van der Waals surface area contributed by atoms with E-state index in [1.807, 2.05) is 6.92 Å². The molecule has 1 fully saturated rings. The Morgan fingerprint density at radius 1 is 1.50 bits per heavy atom. The van der Waals surface area contributed by atoms with Crippen molar-refractivity contribution in [2.75, 3.05) is 19.6 Å². The summed E-state index contributed by atoms with van der Waals surface area (Å²) in [6, 6.07) is 4.00. The Labute approximate surface area is 105 Å². The minimum Gasteiger partial charge on any atom is -0.337 e. The lowest BCUT2D eigenvalue weighted by Crippen LogP contribution is -2.52. The summed E-state index contributed by atoms with van der Waals surface area (Å²) in [5.74, 6) is -1.99. The van der Waals surface area contributed by atoms with E-state index < -0.39 is 11.6 Å². The van der Waals surface area contributed by atoms with Crippen LogP contribution in [-0.4, -0.2) is 36.5 Å². The highest BCUT2D eigenvalue weighted by Gasteiger charge is 2.24. The molecule has 1 heterocycles. The Kier molecular flexibility index (Phi) is 3.91. The lowest BCUT2D eigenvalue weighted by atomic mass is 10.1. The molecule has 0 saturated carbocycles. The molecule has 0 aliphatic carbocycles. The molecule has 1 amide bonds. The van der Waals surface area contributed by atoms with Crippen molar-refractivity contribution >= 4 is 5.91 Å². The maximum Gasteiger partial charge on any atom is 0.227 e. The summed E-state index contributed by atoms with van der Waals surface area (Å²) in [5, 5.41) is 3.18. The molecule has 1 unspecified atom stereocenters. The smallest absolute Gasteiger partial charge is 0.227 e. The second-order valence-corrected chi connectivity index (χ2v) is 4.53. The van der Waals surface area contributed by atoms with Crippen LogP contribution < -0.4 is 5.32 Å². The van der Waals surface area contributed by atoms with Gasteiger partial charge in [0, 0.05) is 31.2 Å². The maximum absolute atomic E-state index is 13.5. The largest absolute Gasteiger partial charge is 0.337 e. The molecular weight excluding hydrogens is 238 g/mol. The minimum atomic E-state index is -0.923. The van der Waals surface area contributed by atoms with Gasteiger partial charge in [-0.3, -0.25) is 4.79 Å². The van der Waals surface area contributed by atoms with Gasteiger partial charge in [0.05, 0.1) is 6.42 Å². The summed E-state index contributed by atoms with van der Waals surface area (Å²) in [6.45, 7) is 4.02. The highest BCUT2D eigenvalue weighted by molar-refractivity contribution is 5.79. The van der Waals surface area contributed by atoms with E-state index >= 15 is 0 Å². The number of nitrogens with one attached hydrogen (secondary N) is 1. The molecule has 1 aromatic carbocycles. The van der Waals surface area contributed by atoms with E-state index in [4.69, 9.17) is 0 Å². The van der Waals surface area contributed by atoms with Crippen molar-refractivity contribution < 1.29 is 13.6 Å². The normalized spacial score (nSPS) is 19.9. The molecule has 1 saturated heterocycles. The van der Waals surface area contributed by atoms with E-state index in [0.717, 1.165) is 19.2 Å². The summed E-state index contributed by atoms with van der Waals surface area (Å²) >= 11 is 0. The molecule has 1 N–H and O–H groups in total. The Hall–Kier alpha value is -1.49. The van der Waals surface area contributed by atoms with Crippen LogP contribution in [-0.2, 0) is 11.2 Å². The van der Waals surface area contributed by atoms with Crippen molar-refractivity contribution in [3.05, 3.63) is 35.4 Å². The Morgan fingerprint density at radius 3 is 3.00 bits per heavy atom. The second kappa shape index (κ2) is 5.44. The number of rotatable bonds is 2. The van der Waals surface area contributed by atoms with Gasteiger partial charge in [0.2, 0.25) is 5.91 Å². The topological polar surface area (TPSA) is 32.3 Å². The number of hydrogen-bond acceptors (Lipinski definition) is 2. The highest BCUT2D eigenvalue weighted by Crippen LogP contribution is 2.14. The second-order valence-electron chi connectivity index (χ2n) is 4.53. The van der Waals surface area contributed by atoms with E-state index in [-0.39, 0.29) is 23.9 Å². The van der Waals surface area contributed by atoms with E-state index in [0.29, 0.717) is 6.54 Å². The summed E-state index contributed by atoms with van der Waals surface area (Å²) in [6.07, 6.45) is -0.0894. The van der Waals surface area contributed by atoms with Gasteiger partial charge in [-0.2, -0.15) is 0 Å². The van der Waals surface area contributed by atoms with Crippen molar-refractivity contribution in [1.29, 1.82) is 0 Å². The van der Waals surface area contributed by atoms with E-state index in [1.54, 1.807) is 4.90 Å². The molecule has 98 valence electrons. The van der Waals surface area contributed by atoms with Crippen LogP contribution in [0, 0.1) is 11.6 Å². The van der Waals surface area contributed by atoms with Gasteiger partial charge >= 0.3 is 0 Å². The average molecular weight is 254 g/mol. The van der Waals surface area contributed by atoms with Crippen molar-refractivity contribution in [1.82, 2.24) is 10.2 Å². The number of carbonyl (C=O) groups is 1. The van der Waals surface area contributed by atoms with Crippen molar-refractivity contribution in [3.8, 4) is 0 Å². The number of benzene rings is 1. The summed E-state index contributed by atoms with van der Waals surface area (Å²) < 4.78 is 26.5. The molecule has 3 nitrogen and oxygen atoms in total. The lowest BCUT2D eigenvalue weighted by Gasteiger charge is -2.34. The third kappa shape index (κ3) is 2.67. The number of carbonyl (C=O) groups excluding carboxylic acids is 1. The van der Waals surface area contributed by atoms with Gasteiger partial charge in [-0.05, 0) is 13.0 Å². The van der Waals surface area contributed by atoms with Gasteiger partial charge < -0.3 is 10.2 Å². The molecule has 18 heavy (non-hydrogen) atoms. The maximum atomic E-state index is 13.5. The Bertz CT molecular complexity index is 451. The van der Waals surface area contributed by atoms with Crippen molar-refractivity contribution in [3.63, 3.8) is 0 Å². The van der Waals surface area contributed by atoms with Crippen LogP contribution in [0.15, 0.2) is 18.2 Å². The minimum absolute atomic E-state index is 0.0860. The van der Waals surface area contributed by atoms with Crippen LogP contribution in [0.2, 0.25) is 0 Å². The molecule has 2 rings (SSSR count). The third-order valence-electron chi connectivity index (χ3n) is 3.19. The number of piperazine rings is 1. The summed E-state index contributed by atoms with van der Waals surface area (Å²) in [4.78, 5) is 13.8. The Morgan fingerprint density at radius 2 is 2.28 bits per heavy atom. The Balaban J connectivity index is 2.09. The SMILES string of the molecule is CC1CNCCN1C(=O)Cc1cccc(F)c1F. The van der Waals surface area contributed by atoms with Crippen LogP contribution in [0.3, 0.4) is 0 Å². The van der Waals surface area contributed by atoms with Gasteiger partial charge in [-0.15, -0.1) is 0 Å². The fraction of sp³-hybridized carbons (Fsp3) is 0.462. The van der Waals surface area contributed by atoms with Crippen LogP contribution in [0.1, 0.15) is 12.5 Å². The van der Waals surface area contributed by atoms with Gasteiger partial charge in [0.1, 0.15) is 0 Å². The lowest BCUT2D eigenvalue weighted by molar-refractivity contribution is -0.133. The summed E-state index contributed by atoms with van der Waals surface area (Å²) in [7, 11) is 0. The standard InChI is InChI=1S/C13H16F2N2O/c1-9-8-16-5-6-17(9)12(18)7-10-3-2-4-11(14)13(10)15/h2-4,9,16H,5-8H2,1H3. The highest BCUT2D eigenvalue weighted by atomic mass is 19.2. The van der Waals surface area contributed by atoms with Crippen LogP contribution in [0.25, 0.3) is 0 Å².